The Balaban J connectivity index is 2.01. The predicted octanol–water partition coefficient (Wildman–Crippen LogP) is 1.76. The van der Waals surface area contributed by atoms with Crippen molar-refractivity contribution in [2.45, 2.75) is 16.0 Å². The molecule has 0 aromatic rings. The Labute approximate surface area is 129 Å². The van der Waals surface area contributed by atoms with Crippen LogP contribution in [0, 0.1) is 0 Å². The van der Waals surface area contributed by atoms with Crippen LogP contribution in [0.2, 0.25) is 0 Å². The molecule has 0 unspecified atom stereocenters. The number of hydrogen-bond acceptors (Lipinski definition) is 5. The smallest absolute Gasteiger partial charge is 0.412 e. The van der Waals surface area contributed by atoms with E-state index in [-0.39, 0.29) is 12.6 Å². The van der Waals surface area contributed by atoms with Gasteiger partial charge in [0.2, 0.25) is 9.75 Å². The number of nitrogens with one attached hydrogen (secondary N) is 2. The standard InChI is InChI=1S/C9H10Cl4N4O2/c10-9(11,12)4-19-8(18)17-3-1-2-5-6(17)15-7(14-5)16-13/h1-2,5-6H,3-4H2,(H2,14,15,16)/t5-,6+/m1/s1. The highest BCUT2D eigenvalue weighted by Crippen LogP contribution is 2.27. The normalized spacial score (nSPS) is 25.5. The molecule has 0 aliphatic carbocycles. The molecule has 19 heavy (non-hydrogen) atoms. The first-order chi connectivity index (χ1) is 8.90. The zero-order valence-corrected chi connectivity index (χ0v) is 12.5. The summed E-state index contributed by atoms with van der Waals surface area (Å²) in [5.41, 5.74) is 0. The summed E-state index contributed by atoms with van der Waals surface area (Å²) in [4.78, 5) is 19.9. The van der Waals surface area contributed by atoms with E-state index in [1.165, 1.54) is 4.90 Å². The summed E-state index contributed by atoms with van der Waals surface area (Å²) in [6, 6.07) is -0.157. The highest BCUT2D eigenvalue weighted by molar-refractivity contribution is 6.67. The third kappa shape index (κ3) is 3.72. The molecule has 6 nitrogen and oxygen atoms in total. The zero-order valence-electron chi connectivity index (χ0n) is 9.45. The number of amides is 1. The largest absolute Gasteiger partial charge is 0.445 e. The van der Waals surface area contributed by atoms with Gasteiger partial charge in [0.25, 0.3) is 0 Å². The minimum atomic E-state index is -1.64. The van der Waals surface area contributed by atoms with Crippen LogP contribution in [0.15, 0.2) is 17.1 Å². The Kier molecular flexibility index (Phi) is 4.55. The molecule has 1 amide bonds. The van der Waals surface area contributed by atoms with Crippen LogP contribution < -0.4 is 10.2 Å². The van der Waals surface area contributed by atoms with Gasteiger partial charge in [0.05, 0.1) is 6.04 Å². The van der Waals surface area contributed by atoms with Gasteiger partial charge >= 0.3 is 6.09 Å². The van der Waals surface area contributed by atoms with E-state index in [2.05, 4.69) is 15.1 Å². The second kappa shape index (κ2) is 5.83. The molecular formula is C9H10Cl4N4O2. The van der Waals surface area contributed by atoms with Gasteiger partial charge < -0.3 is 10.1 Å². The van der Waals surface area contributed by atoms with Crippen molar-refractivity contribution in [1.82, 2.24) is 15.1 Å². The molecule has 106 valence electrons. The van der Waals surface area contributed by atoms with Gasteiger partial charge in [0.1, 0.15) is 6.61 Å². The Bertz CT molecular complexity index is 423. The van der Waals surface area contributed by atoms with E-state index >= 15 is 0 Å². The molecule has 2 N–H and O–H groups in total. The van der Waals surface area contributed by atoms with E-state index in [0.717, 1.165) is 0 Å². The van der Waals surface area contributed by atoms with Gasteiger partial charge in [-0.2, -0.15) is 0 Å². The Morgan fingerprint density at radius 3 is 3.00 bits per heavy atom. The van der Waals surface area contributed by atoms with Crippen LogP contribution in [-0.2, 0) is 4.74 Å². The van der Waals surface area contributed by atoms with Gasteiger partial charge in [-0.15, -0.1) is 0 Å². The first-order valence-corrected chi connectivity index (χ1v) is 6.80. The molecule has 2 atom stereocenters. The minimum Gasteiger partial charge on any atom is -0.445 e. The lowest BCUT2D eigenvalue weighted by atomic mass is 10.1. The number of alkyl halides is 3. The van der Waals surface area contributed by atoms with E-state index in [1.54, 1.807) is 0 Å². The number of hydrogen-bond donors (Lipinski definition) is 2. The number of fused-ring (bicyclic) bond motifs is 1. The summed E-state index contributed by atoms with van der Waals surface area (Å²) in [7, 11) is 0. The van der Waals surface area contributed by atoms with E-state index in [4.69, 9.17) is 51.3 Å². The van der Waals surface area contributed by atoms with Gasteiger partial charge in [0, 0.05) is 18.3 Å². The maximum Gasteiger partial charge on any atom is 0.412 e. The second-order valence-corrected chi connectivity index (χ2v) is 6.61. The summed E-state index contributed by atoms with van der Waals surface area (Å²) >= 11 is 22.0. The SMILES string of the molecule is O=C(OCC(Cl)(Cl)Cl)N1CC=C[C@H]2NC(NCl)=N[C@H]21. The molecule has 10 heteroatoms. The van der Waals surface area contributed by atoms with Crippen molar-refractivity contribution in [2.75, 3.05) is 13.2 Å². The number of nitrogens with zero attached hydrogens (tertiary/aromatic N) is 2. The summed E-state index contributed by atoms with van der Waals surface area (Å²) < 4.78 is 3.29. The fourth-order valence-electron chi connectivity index (χ4n) is 1.78. The van der Waals surface area contributed by atoms with Gasteiger partial charge in [-0.05, 0) is 0 Å². The van der Waals surface area contributed by atoms with Crippen LogP contribution in [0.25, 0.3) is 0 Å². The molecule has 0 aromatic heterocycles. The Morgan fingerprint density at radius 1 is 1.63 bits per heavy atom. The lowest BCUT2D eigenvalue weighted by Gasteiger charge is -2.31. The van der Waals surface area contributed by atoms with E-state index in [9.17, 15) is 4.79 Å². The average Bonchev–Trinajstić information content (AvgIpc) is 2.77. The molecule has 0 aromatic carbocycles. The summed E-state index contributed by atoms with van der Waals surface area (Å²) in [6.45, 7) is 0.0342. The van der Waals surface area contributed by atoms with Crippen molar-refractivity contribution in [3.8, 4) is 0 Å². The Morgan fingerprint density at radius 2 is 2.37 bits per heavy atom. The van der Waals surface area contributed by atoms with Crippen molar-refractivity contribution in [3.63, 3.8) is 0 Å². The fourth-order valence-corrected chi connectivity index (χ4v) is 2.05. The zero-order chi connectivity index (χ0) is 14.0. The molecule has 2 aliphatic heterocycles. The van der Waals surface area contributed by atoms with Crippen LogP contribution in [0.1, 0.15) is 0 Å². The monoisotopic (exact) mass is 346 g/mol. The maximum absolute atomic E-state index is 11.9. The molecule has 2 rings (SSSR count). The second-order valence-electron chi connectivity index (χ2n) is 3.91. The maximum atomic E-state index is 11.9. The number of carbonyl (C=O) groups excluding carboxylic acids is 1. The molecule has 0 spiro atoms. The number of ether oxygens (including phenoxy) is 1. The van der Waals surface area contributed by atoms with Crippen molar-refractivity contribution < 1.29 is 9.53 Å². The third-order valence-electron chi connectivity index (χ3n) is 2.53. The van der Waals surface area contributed by atoms with Crippen LogP contribution in [0.5, 0.6) is 0 Å². The summed E-state index contributed by atoms with van der Waals surface area (Å²) in [5, 5.41) is 2.99. The number of rotatable bonds is 1. The lowest BCUT2D eigenvalue weighted by Crippen LogP contribution is -2.50. The number of guanidine groups is 1. The molecule has 0 saturated heterocycles. The van der Waals surface area contributed by atoms with Gasteiger partial charge in [-0.1, -0.05) is 47.0 Å². The van der Waals surface area contributed by atoms with Gasteiger partial charge in [-0.25, -0.2) is 9.79 Å². The van der Waals surface area contributed by atoms with Crippen LogP contribution in [0.4, 0.5) is 4.79 Å². The van der Waals surface area contributed by atoms with E-state index < -0.39 is 16.1 Å². The minimum absolute atomic E-state index is 0.157. The fraction of sp³-hybridized carbons (Fsp3) is 0.556. The highest BCUT2D eigenvalue weighted by atomic mass is 35.6. The van der Waals surface area contributed by atoms with E-state index in [0.29, 0.717) is 12.5 Å². The van der Waals surface area contributed by atoms with E-state index in [1.807, 2.05) is 12.2 Å². The average molecular weight is 348 g/mol. The number of aliphatic imine (C=N–C) groups is 1. The molecule has 0 saturated carbocycles. The summed E-state index contributed by atoms with van der Waals surface area (Å²) in [6.07, 6.45) is 2.67. The quantitative estimate of drug-likeness (QED) is 0.431. The predicted molar refractivity (Wildman–Crippen MR) is 74.6 cm³/mol. The van der Waals surface area contributed by atoms with Crippen LogP contribution in [-0.4, -0.2) is 46.1 Å². The molecule has 0 radical (unpaired) electrons. The van der Waals surface area contributed by atoms with Crippen LogP contribution >= 0.6 is 46.6 Å². The third-order valence-corrected chi connectivity index (χ3v) is 3.04. The molecule has 0 fully saturated rings. The Hall–Kier alpha value is -0.560. The number of halogens is 4. The molecule has 2 heterocycles. The van der Waals surface area contributed by atoms with Gasteiger partial charge in [-0.3, -0.25) is 9.74 Å². The molecular weight excluding hydrogens is 338 g/mol. The van der Waals surface area contributed by atoms with Crippen LogP contribution in [0.3, 0.4) is 0 Å². The van der Waals surface area contributed by atoms with Crippen molar-refractivity contribution in [3.05, 3.63) is 12.2 Å². The number of carbonyl (C=O) groups is 1. The summed E-state index contributed by atoms with van der Waals surface area (Å²) in [5.74, 6) is 0.391. The topological polar surface area (TPSA) is 66.0 Å². The van der Waals surface area contributed by atoms with Gasteiger partial charge in [0.15, 0.2) is 6.17 Å². The van der Waals surface area contributed by atoms with Crippen molar-refractivity contribution in [2.24, 2.45) is 4.99 Å². The van der Waals surface area contributed by atoms with Crippen molar-refractivity contribution >= 4 is 58.6 Å². The lowest BCUT2D eigenvalue weighted by molar-refractivity contribution is 0.0897. The highest BCUT2D eigenvalue weighted by Gasteiger charge is 2.37. The molecule has 0 bridgehead atoms. The molecule has 2 aliphatic rings. The first kappa shape index (κ1) is 14.8. The van der Waals surface area contributed by atoms with Crippen molar-refractivity contribution in [1.29, 1.82) is 0 Å². The first-order valence-electron chi connectivity index (χ1n) is 5.28.